The molecule has 0 radical (unpaired) electrons. The second-order valence-corrected chi connectivity index (χ2v) is 4.35. The van der Waals surface area contributed by atoms with E-state index in [0.29, 0.717) is 22.6 Å². The average molecular weight is 279 g/mol. The third kappa shape index (κ3) is 2.82. The molecule has 106 valence electrons. The van der Waals surface area contributed by atoms with Gasteiger partial charge in [0.25, 0.3) is 0 Å². The van der Waals surface area contributed by atoms with Crippen LogP contribution in [0, 0.1) is 18.6 Å². The second-order valence-electron chi connectivity index (χ2n) is 4.35. The lowest BCUT2D eigenvalue weighted by Crippen LogP contribution is -2.03. The minimum absolute atomic E-state index is 0.00824. The van der Waals surface area contributed by atoms with Gasteiger partial charge in [-0.3, -0.25) is 0 Å². The highest BCUT2D eigenvalue weighted by molar-refractivity contribution is 5.49. The topological polar surface area (TPSA) is 44.5 Å². The molecule has 0 saturated carbocycles. The molecular weight excluding hydrogens is 264 g/mol. The normalized spacial score (nSPS) is 10.4. The predicted octanol–water partition coefficient (Wildman–Crippen LogP) is 3.44. The van der Waals surface area contributed by atoms with Crippen molar-refractivity contribution >= 4 is 5.69 Å². The highest BCUT2D eigenvalue weighted by atomic mass is 19.1. The summed E-state index contributed by atoms with van der Waals surface area (Å²) in [5.41, 5.74) is 6.38. The number of halogens is 2. The standard InChI is InChI=1S/C15H15F2NO2/c1-9-6-12(17)13(18)7-15(9)20-8-10-11(16)4-3-5-14(10)19-2/h3-7H,8,18H2,1-2H3. The highest BCUT2D eigenvalue weighted by Gasteiger charge is 2.11. The Balaban J connectivity index is 2.23. The van der Waals surface area contributed by atoms with Crippen LogP contribution in [0.15, 0.2) is 30.3 Å². The number of aryl methyl sites for hydroxylation is 1. The van der Waals surface area contributed by atoms with Gasteiger partial charge in [-0.05, 0) is 30.7 Å². The van der Waals surface area contributed by atoms with E-state index in [1.807, 2.05) is 0 Å². The first-order valence-corrected chi connectivity index (χ1v) is 6.02. The minimum Gasteiger partial charge on any atom is -0.496 e. The largest absolute Gasteiger partial charge is 0.496 e. The summed E-state index contributed by atoms with van der Waals surface area (Å²) in [6.45, 7) is 1.66. The number of nitrogens with two attached hydrogens (primary N) is 1. The highest BCUT2D eigenvalue weighted by Crippen LogP contribution is 2.27. The van der Waals surface area contributed by atoms with Gasteiger partial charge >= 0.3 is 0 Å². The fraction of sp³-hybridized carbons (Fsp3) is 0.200. The molecule has 0 spiro atoms. The van der Waals surface area contributed by atoms with Crippen LogP contribution in [-0.4, -0.2) is 7.11 Å². The summed E-state index contributed by atoms with van der Waals surface area (Å²) >= 11 is 0. The van der Waals surface area contributed by atoms with Crippen LogP contribution in [0.2, 0.25) is 0 Å². The third-order valence-corrected chi connectivity index (χ3v) is 2.96. The lowest BCUT2D eigenvalue weighted by molar-refractivity contribution is 0.287. The molecule has 0 amide bonds. The van der Waals surface area contributed by atoms with E-state index in [9.17, 15) is 8.78 Å². The molecule has 0 bridgehead atoms. The molecule has 0 saturated heterocycles. The zero-order valence-electron chi connectivity index (χ0n) is 11.2. The Kier molecular flexibility index (Phi) is 4.08. The molecular formula is C15H15F2NO2. The van der Waals surface area contributed by atoms with Crippen molar-refractivity contribution in [1.82, 2.24) is 0 Å². The van der Waals surface area contributed by atoms with Crippen molar-refractivity contribution in [2.24, 2.45) is 0 Å². The van der Waals surface area contributed by atoms with E-state index >= 15 is 0 Å². The summed E-state index contributed by atoms with van der Waals surface area (Å²) in [6.07, 6.45) is 0. The molecule has 0 aliphatic rings. The Hall–Kier alpha value is -2.30. The van der Waals surface area contributed by atoms with Crippen LogP contribution in [0.25, 0.3) is 0 Å². The van der Waals surface area contributed by atoms with Crippen LogP contribution in [0.3, 0.4) is 0 Å². The van der Waals surface area contributed by atoms with Crippen molar-refractivity contribution in [3.63, 3.8) is 0 Å². The molecule has 0 unspecified atom stereocenters. The van der Waals surface area contributed by atoms with Crippen molar-refractivity contribution < 1.29 is 18.3 Å². The summed E-state index contributed by atoms with van der Waals surface area (Å²) in [5.74, 6) is -0.109. The van der Waals surface area contributed by atoms with Crippen molar-refractivity contribution in [1.29, 1.82) is 0 Å². The Morgan fingerprint density at radius 3 is 2.55 bits per heavy atom. The zero-order chi connectivity index (χ0) is 14.7. The molecule has 0 aliphatic heterocycles. The maximum atomic E-state index is 13.7. The minimum atomic E-state index is -0.502. The van der Waals surface area contributed by atoms with E-state index in [0.717, 1.165) is 0 Å². The van der Waals surface area contributed by atoms with Crippen LogP contribution in [0.4, 0.5) is 14.5 Å². The summed E-state index contributed by atoms with van der Waals surface area (Å²) in [7, 11) is 1.46. The molecule has 2 N–H and O–H groups in total. The van der Waals surface area contributed by atoms with Gasteiger partial charge in [-0.1, -0.05) is 6.07 Å². The maximum absolute atomic E-state index is 13.7. The number of rotatable bonds is 4. The monoisotopic (exact) mass is 279 g/mol. The summed E-state index contributed by atoms with van der Waals surface area (Å²) in [5, 5.41) is 0. The Bertz CT molecular complexity index is 630. The van der Waals surface area contributed by atoms with Crippen LogP contribution >= 0.6 is 0 Å². The lowest BCUT2D eigenvalue weighted by Gasteiger charge is -2.13. The van der Waals surface area contributed by atoms with Crippen LogP contribution < -0.4 is 15.2 Å². The number of nitrogen functional groups attached to an aromatic ring is 1. The van der Waals surface area contributed by atoms with Gasteiger partial charge in [-0.15, -0.1) is 0 Å². The number of anilines is 1. The number of methoxy groups -OCH3 is 1. The fourth-order valence-corrected chi connectivity index (χ4v) is 1.84. The van der Waals surface area contributed by atoms with Crippen LogP contribution in [0.5, 0.6) is 11.5 Å². The van der Waals surface area contributed by atoms with Crippen LogP contribution in [-0.2, 0) is 6.61 Å². The molecule has 5 heteroatoms. The van der Waals surface area contributed by atoms with Crippen molar-refractivity contribution in [2.45, 2.75) is 13.5 Å². The Morgan fingerprint density at radius 1 is 1.10 bits per heavy atom. The number of ether oxygens (including phenoxy) is 2. The van der Waals surface area contributed by atoms with E-state index in [1.54, 1.807) is 19.1 Å². The van der Waals surface area contributed by atoms with Crippen molar-refractivity contribution in [2.75, 3.05) is 12.8 Å². The smallest absolute Gasteiger partial charge is 0.146 e. The van der Waals surface area contributed by atoms with E-state index in [-0.39, 0.29) is 12.3 Å². The molecule has 2 rings (SSSR count). The zero-order valence-corrected chi connectivity index (χ0v) is 11.2. The van der Waals surface area contributed by atoms with Gasteiger partial charge in [-0.2, -0.15) is 0 Å². The number of hydrogen-bond donors (Lipinski definition) is 1. The summed E-state index contributed by atoms with van der Waals surface area (Å²) in [4.78, 5) is 0. The molecule has 0 aromatic heterocycles. The third-order valence-electron chi connectivity index (χ3n) is 2.96. The van der Waals surface area contributed by atoms with Gasteiger partial charge in [0, 0.05) is 6.07 Å². The van der Waals surface area contributed by atoms with Crippen LogP contribution in [0.1, 0.15) is 11.1 Å². The average Bonchev–Trinajstić information content (AvgIpc) is 2.42. The molecule has 0 aliphatic carbocycles. The first-order chi connectivity index (χ1) is 9.52. The van der Waals surface area contributed by atoms with E-state index in [1.165, 1.54) is 25.3 Å². The van der Waals surface area contributed by atoms with Gasteiger partial charge in [0.15, 0.2) is 0 Å². The van der Waals surface area contributed by atoms with E-state index < -0.39 is 11.6 Å². The molecule has 0 atom stereocenters. The first-order valence-electron chi connectivity index (χ1n) is 6.02. The van der Waals surface area contributed by atoms with E-state index in [2.05, 4.69) is 0 Å². The molecule has 2 aromatic carbocycles. The second kappa shape index (κ2) is 5.77. The summed E-state index contributed by atoms with van der Waals surface area (Å²) in [6, 6.07) is 7.20. The van der Waals surface area contributed by atoms with Gasteiger partial charge < -0.3 is 15.2 Å². The van der Waals surface area contributed by atoms with Gasteiger partial charge in [0.2, 0.25) is 0 Å². The predicted molar refractivity (Wildman–Crippen MR) is 72.8 cm³/mol. The summed E-state index contributed by atoms with van der Waals surface area (Å²) < 4.78 is 37.6. The fourth-order valence-electron chi connectivity index (χ4n) is 1.84. The maximum Gasteiger partial charge on any atom is 0.146 e. The molecule has 0 fully saturated rings. The SMILES string of the molecule is COc1cccc(F)c1COc1cc(N)c(F)cc1C. The van der Waals surface area contributed by atoms with Gasteiger partial charge in [0.05, 0.1) is 18.4 Å². The molecule has 0 heterocycles. The van der Waals surface area contributed by atoms with Crippen molar-refractivity contribution in [3.05, 3.63) is 53.1 Å². The molecule has 3 nitrogen and oxygen atoms in total. The van der Waals surface area contributed by atoms with E-state index in [4.69, 9.17) is 15.2 Å². The van der Waals surface area contributed by atoms with Crippen molar-refractivity contribution in [3.8, 4) is 11.5 Å². The quantitative estimate of drug-likeness (QED) is 0.872. The molecule has 2 aromatic rings. The van der Waals surface area contributed by atoms with Gasteiger partial charge in [0.1, 0.15) is 29.7 Å². The Morgan fingerprint density at radius 2 is 1.85 bits per heavy atom. The Labute approximate surface area is 115 Å². The number of benzene rings is 2. The lowest BCUT2D eigenvalue weighted by atomic mass is 10.2. The molecule has 20 heavy (non-hydrogen) atoms. The number of hydrogen-bond acceptors (Lipinski definition) is 3. The first kappa shape index (κ1) is 14.1. The van der Waals surface area contributed by atoms with Gasteiger partial charge in [-0.25, -0.2) is 8.78 Å².